The third kappa shape index (κ3) is 3.64. The Morgan fingerprint density at radius 2 is 2.25 bits per heavy atom. The van der Waals surface area contributed by atoms with Gasteiger partial charge in [0.15, 0.2) is 0 Å². The predicted octanol–water partition coefficient (Wildman–Crippen LogP) is 0.765. The van der Waals surface area contributed by atoms with Crippen molar-refractivity contribution in [2.24, 2.45) is 0 Å². The summed E-state index contributed by atoms with van der Waals surface area (Å²) >= 11 is 0. The van der Waals surface area contributed by atoms with Crippen LogP contribution in [0.25, 0.3) is 0 Å². The highest BCUT2D eigenvalue weighted by Crippen LogP contribution is 2.02. The summed E-state index contributed by atoms with van der Waals surface area (Å²) in [7, 11) is 0. The van der Waals surface area contributed by atoms with Gasteiger partial charge in [0.05, 0.1) is 19.3 Å². The second kappa shape index (κ2) is 5.79. The van der Waals surface area contributed by atoms with Gasteiger partial charge in [0.25, 0.3) is 5.78 Å². The molecule has 0 amide bonds. The number of esters is 1. The van der Waals surface area contributed by atoms with E-state index in [1.165, 1.54) is 12.1 Å². The van der Waals surface area contributed by atoms with Crippen LogP contribution in [0.3, 0.4) is 0 Å². The number of ketones is 1. The first-order chi connectivity index (χ1) is 7.63. The van der Waals surface area contributed by atoms with Crippen molar-refractivity contribution in [2.75, 3.05) is 18.5 Å². The summed E-state index contributed by atoms with van der Waals surface area (Å²) in [5.74, 6) is -1.74. The number of halogens is 1. The third-order valence-electron chi connectivity index (χ3n) is 1.66. The van der Waals surface area contributed by atoms with Gasteiger partial charge in [0, 0.05) is 0 Å². The molecule has 1 N–H and O–H groups in total. The lowest BCUT2D eigenvalue weighted by Gasteiger charge is -2.03. The van der Waals surface area contributed by atoms with Crippen LogP contribution >= 0.6 is 0 Å². The van der Waals surface area contributed by atoms with Crippen LogP contribution in [0.4, 0.5) is 10.2 Å². The minimum Gasteiger partial charge on any atom is -0.460 e. The Morgan fingerprint density at radius 3 is 2.81 bits per heavy atom. The fourth-order valence-electron chi connectivity index (χ4n) is 0.935. The predicted molar refractivity (Wildman–Crippen MR) is 54.3 cm³/mol. The van der Waals surface area contributed by atoms with E-state index in [0.717, 1.165) is 6.20 Å². The van der Waals surface area contributed by atoms with Crippen molar-refractivity contribution in [3.05, 3.63) is 24.1 Å². The minimum atomic E-state index is -0.892. The Labute approximate surface area is 91.6 Å². The molecule has 0 aromatic carbocycles. The number of nitrogens with zero attached hydrogens (tertiary/aromatic N) is 1. The van der Waals surface area contributed by atoms with Crippen molar-refractivity contribution in [2.45, 2.75) is 6.92 Å². The fourth-order valence-corrected chi connectivity index (χ4v) is 0.935. The van der Waals surface area contributed by atoms with Crippen LogP contribution < -0.4 is 5.32 Å². The smallest absolute Gasteiger partial charge is 0.376 e. The summed E-state index contributed by atoms with van der Waals surface area (Å²) in [5, 5.41) is 2.58. The lowest BCUT2D eigenvalue weighted by molar-refractivity contribution is -0.152. The van der Waals surface area contributed by atoms with Gasteiger partial charge in [-0.25, -0.2) is 14.2 Å². The Balaban J connectivity index is 2.42. The van der Waals surface area contributed by atoms with Gasteiger partial charge in [-0.3, -0.25) is 4.79 Å². The van der Waals surface area contributed by atoms with Crippen molar-refractivity contribution >= 4 is 17.6 Å². The van der Waals surface area contributed by atoms with E-state index in [9.17, 15) is 14.0 Å². The molecular formula is C10H11FN2O3. The van der Waals surface area contributed by atoms with Gasteiger partial charge >= 0.3 is 5.97 Å². The molecule has 0 aliphatic carbocycles. The van der Waals surface area contributed by atoms with E-state index in [4.69, 9.17) is 0 Å². The summed E-state index contributed by atoms with van der Waals surface area (Å²) < 4.78 is 17.0. The molecule has 1 aromatic rings. The molecule has 16 heavy (non-hydrogen) atoms. The molecule has 0 atom stereocenters. The summed E-state index contributed by atoms with van der Waals surface area (Å²) in [4.78, 5) is 25.7. The molecule has 6 heteroatoms. The first-order valence-corrected chi connectivity index (χ1v) is 4.69. The SMILES string of the molecule is CCOC(=O)C(=O)CNc1ccc(F)cn1. The molecule has 5 nitrogen and oxygen atoms in total. The van der Waals surface area contributed by atoms with Gasteiger partial charge in [-0.2, -0.15) is 0 Å². The van der Waals surface area contributed by atoms with Crippen LogP contribution in [0.5, 0.6) is 0 Å². The topological polar surface area (TPSA) is 68.3 Å². The number of pyridine rings is 1. The molecule has 0 saturated carbocycles. The van der Waals surface area contributed by atoms with Gasteiger partial charge in [-0.15, -0.1) is 0 Å². The zero-order valence-electron chi connectivity index (χ0n) is 8.70. The van der Waals surface area contributed by atoms with Gasteiger partial charge in [0.2, 0.25) is 0 Å². The first-order valence-electron chi connectivity index (χ1n) is 4.69. The molecule has 1 heterocycles. The number of hydrogen-bond acceptors (Lipinski definition) is 5. The van der Waals surface area contributed by atoms with E-state index < -0.39 is 17.6 Å². The average molecular weight is 226 g/mol. The van der Waals surface area contributed by atoms with Crippen molar-refractivity contribution in [3.8, 4) is 0 Å². The van der Waals surface area contributed by atoms with Gasteiger partial charge < -0.3 is 10.1 Å². The van der Waals surface area contributed by atoms with Crippen LogP contribution in [0.2, 0.25) is 0 Å². The van der Waals surface area contributed by atoms with Crippen molar-refractivity contribution in [1.82, 2.24) is 4.98 Å². The van der Waals surface area contributed by atoms with Crippen LogP contribution in [0, 0.1) is 5.82 Å². The molecule has 0 unspecified atom stereocenters. The second-order valence-electron chi connectivity index (χ2n) is 2.86. The van der Waals surface area contributed by atoms with Crippen LogP contribution in [0.15, 0.2) is 18.3 Å². The Morgan fingerprint density at radius 1 is 1.50 bits per heavy atom. The molecule has 1 rings (SSSR count). The fraction of sp³-hybridized carbons (Fsp3) is 0.300. The molecule has 0 radical (unpaired) electrons. The highest BCUT2D eigenvalue weighted by atomic mass is 19.1. The maximum Gasteiger partial charge on any atom is 0.376 e. The number of hydrogen-bond donors (Lipinski definition) is 1. The monoisotopic (exact) mass is 226 g/mol. The highest BCUT2D eigenvalue weighted by Gasteiger charge is 2.14. The summed E-state index contributed by atoms with van der Waals surface area (Å²) in [5.41, 5.74) is 0. The van der Waals surface area contributed by atoms with Gasteiger partial charge in [0.1, 0.15) is 11.6 Å². The van der Waals surface area contributed by atoms with Crippen LogP contribution in [0.1, 0.15) is 6.92 Å². The average Bonchev–Trinajstić information content (AvgIpc) is 2.28. The van der Waals surface area contributed by atoms with Crippen molar-refractivity contribution in [1.29, 1.82) is 0 Å². The summed E-state index contributed by atoms with van der Waals surface area (Å²) in [6.07, 6.45) is 1.01. The standard InChI is InChI=1S/C10H11FN2O3/c1-2-16-10(15)8(14)6-13-9-4-3-7(11)5-12-9/h3-5H,2,6H2,1H3,(H,12,13). The van der Waals surface area contributed by atoms with E-state index in [0.29, 0.717) is 5.82 Å². The number of ether oxygens (including phenoxy) is 1. The largest absolute Gasteiger partial charge is 0.460 e. The van der Waals surface area contributed by atoms with E-state index in [2.05, 4.69) is 15.0 Å². The molecule has 0 saturated heterocycles. The van der Waals surface area contributed by atoms with E-state index in [-0.39, 0.29) is 13.2 Å². The summed E-state index contributed by atoms with van der Waals surface area (Å²) in [6.45, 7) is 1.54. The first kappa shape index (κ1) is 12.1. The third-order valence-corrected chi connectivity index (χ3v) is 1.66. The Kier molecular flexibility index (Phi) is 4.38. The lowest BCUT2D eigenvalue weighted by Crippen LogP contribution is -2.25. The second-order valence-corrected chi connectivity index (χ2v) is 2.86. The van der Waals surface area contributed by atoms with Crippen LogP contribution in [-0.2, 0) is 14.3 Å². The quantitative estimate of drug-likeness (QED) is 0.593. The zero-order valence-corrected chi connectivity index (χ0v) is 8.70. The van der Waals surface area contributed by atoms with Gasteiger partial charge in [-0.1, -0.05) is 0 Å². The molecule has 0 aliphatic rings. The Hall–Kier alpha value is -1.98. The number of Topliss-reactive ketones (excluding diaryl/α,β-unsaturated/α-hetero) is 1. The van der Waals surface area contributed by atoms with Crippen molar-refractivity contribution in [3.63, 3.8) is 0 Å². The minimum absolute atomic E-state index is 0.152. The number of rotatable bonds is 5. The number of anilines is 1. The molecule has 0 aliphatic heterocycles. The van der Waals surface area contributed by atoms with E-state index >= 15 is 0 Å². The molecule has 0 bridgehead atoms. The molecular weight excluding hydrogens is 215 g/mol. The molecule has 1 aromatic heterocycles. The van der Waals surface area contributed by atoms with Gasteiger partial charge in [-0.05, 0) is 19.1 Å². The lowest BCUT2D eigenvalue weighted by atomic mass is 10.4. The number of carbonyl (C=O) groups is 2. The maximum absolute atomic E-state index is 12.5. The van der Waals surface area contributed by atoms with Crippen molar-refractivity contribution < 1.29 is 18.7 Å². The van der Waals surface area contributed by atoms with E-state index in [1.54, 1.807) is 6.92 Å². The normalized spacial score (nSPS) is 9.62. The number of carbonyl (C=O) groups excluding carboxylic acids is 2. The van der Waals surface area contributed by atoms with E-state index in [1.807, 2.05) is 0 Å². The number of nitrogens with one attached hydrogen (secondary N) is 1. The molecule has 0 spiro atoms. The highest BCUT2D eigenvalue weighted by molar-refractivity contribution is 6.34. The Bertz CT molecular complexity index is 378. The molecule has 86 valence electrons. The van der Waals surface area contributed by atoms with Crippen LogP contribution in [-0.4, -0.2) is 29.9 Å². The molecule has 0 fully saturated rings. The summed E-state index contributed by atoms with van der Waals surface area (Å²) in [6, 6.07) is 2.57. The number of aromatic nitrogens is 1. The maximum atomic E-state index is 12.5. The zero-order chi connectivity index (χ0) is 12.0.